The van der Waals surface area contributed by atoms with E-state index in [-0.39, 0.29) is 5.78 Å². The van der Waals surface area contributed by atoms with E-state index >= 15 is 0 Å². The Morgan fingerprint density at radius 1 is 1.04 bits per heavy atom. The molecule has 0 aliphatic rings. The molecule has 2 aromatic carbocycles. The van der Waals surface area contributed by atoms with Crippen LogP contribution < -0.4 is 9.47 Å². The van der Waals surface area contributed by atoms with Gasteiger partial charge in [-0.05, 0) is 42.8 Å². The quantitative estimate of drug-likeness (QED) is 0.730. The van der Waals surface area contributed by atoms with E-state index in [9.17, 15) is 9.00 Å². The lowest BCUT2D eigenvalue weighted by molar-refractivity contribution is 0.101. The van der Waals surface area contributed by atoms with Crippen molar-refractivity contribution in [2.45, 2.75) is 18.4 Å². The third-order valence-corrected chi connectivity index (χ3v) is 4.75. The van der Waals surface area contributed by atoms with Crippen LogP contribution in [0.2, 0.25) is 0 Å². The molecule has 0 amide bonds. The summed E-state index contributed by atoms with van der Waals surface area (Å²) < 4.78 is 22.9. The molecule has 0 spiro atoms. The lowest BCUT2D eigenvalue weighted by Gasteiger charge is -2.10. The molecule has 122 valence electrons. The van der Waals surface area contributed by atoms with Crippen molar-refractivity contribution in [3.63, 3.8) is 0 Å². The van der Waals surface area contributed by atoms with Gasteiger partial charge in [-0.3, -0.25) is 9.00 Å². The van der Waals surface area contributed by atoms with Crippen LogP contribution in [0.15, 0.2) is 42.5 Å². The standard InChI is InChI=1S/C18H20O4S/c1-13(19)15-7-8-18(22-3)16(10-15)12-23(20)11-14-5-4-6-17(9-14)21-2/h4-10H,11-12H2,1-3H3/t23-/m1/s1. The van der Waals surface area contributed by atoms with Gasteiger partial charge in [-0.15, -0.1) is 0 Å². The highest BCUT2D eigenvalue weighted by atomic mass is 32.2. The van der Waals surface area contributed by atoms with Crippen molar-refractivity contribution in [2.24, 2.45) is 0 Å². The maximum absolute atomic E-state index is 12.5. The van der Waals surface area contributed by atoms with Crippen molar-refractivity contribution in [1.82, 2.24) is 0 Å². The van der Waals surface area contributed by atoms with Crippen molar-refractivity contribution in [3.8, 4) is 11.5 Å². The van der Waals surface area contributed by atoms with Gasteiger partial charge in [0, 0.05) is 27.7 Å². The van der Waals surface area contributed by atoms with Gasteiger partial charge in [0.05, 0.1) is 20.0 Å². The first kappa shape index (κ1) is 17.2. The van der Waals surface area contributed by atoms with Gasteiger partial charge in [-0.1, -0.05) is 12.1 Å². The maximum atomic E-state index is 12.5. The van der Waals surface area contributed by atoms with Crippen LogP contribution in [0.1, 0.15) is 28.4 Å². The van der Waals surface area contributed by atoms with Gasteiger partial charge in [-0.25, -0.2) is 0 Å². The molecule has 0 aliphatic heterocycles. The van der Waals surface area contributed by atoms with Crippen molar-refractivity contribution in [2.75, 3.05) is 14.2 Å². The first-order chi connectivity index (χ1) is 11.0. The van der Waals surface area contributed by atoms with E-state index in [4.69, 9.17) is 9.47 Å². The van der Waals surface area contributed by atoms with E-state index in [0.29, 0.717) is 22.8 Å². The number of Topliss-reactive ketones (excluding diaryl/α,β-unsaturated/α-hetero) is 1. The molecule has 5 heteroatoms. The van der Waals surface area contributed by atoms with Crippen molar-refractivity contribution >= 4 is 16.6 Å². The number of methoxy groups -OCH3 is 2. The number of carbonyl (C=O) groups is 1. The van der Waals surface area contributed by atoms with Gasteiger partial charge >= 0.3 is 0 Å². The largest absolute Gasteiger partial charge is 0.497 e. The van der Waals surface area contributed by atoms with Crippen LogP contribution in [0.5, 0.6) is 11.5 Å². The van der Waals surface area contributed by atoms with Crippen LogP contribution >= 0.6 is 0 Å². The highest BCUT2D eigenvalue weighted by molar-refractivity contribution is 7.83. The normalized spacial score (nSPS) is 11.8. The zero-order valence-electron chi connectivity index (χ0n) is 13.5. The molecule has 0 radical (unpaired) electrons. The molecule has 0 bridgehead atoms. The Hall–Kier alpha value is -2.14. The van der Waals surface area contributed by atoms with Crippen molar-refractivity contribution in [1.29, 1.82) is 0 Å². The Labute approximate surface area is 138 Å². The minimum atomic E-state index is -1.11. The molecule has 0 saturated carbocycles. The summed E-state index contributed by atoms with van der Waals surface area (Å²) >= 11 is 0. The van der Waals surface area contributed by atoms with Crippen LogP contribution in [0, 0.1) is 0 Å². The molecule has 0 saturated heterocycles. The summed E-state index contributed by atoms with van der Waals surface area (Å²) in [5, 5.41) is 0. The van der Waals surface area contributed by atoms with E-state index in [0.717, 1.165) is 16.9 Å². The van der Waals surface area contributed by atoms with Gasteiger partial charge < -0.3 is 9.47 Å². The molecule has 0 aliphatic carbocycles. The highest BCUT2D eigenvalue weighted by Crippen LogP contribution is 2.23. The SMILES string of the molecule is COc1cccc(C[S@@](=O)Cc2cc(C(C)=O)ccc2OC)c1. The Morgan fingerprint density at radius 2 is 1.83 bits per heavy atom. The van der Waals surface area contributed by atoms with Gasteiger partial charge in [0.1, 0.15) is 11.5 Å². The second kappa shape index (κ2) is 7.92. The zero-order chi connectivity index (χ0) is 16.8. The van der Waals surface area contributed by atoms with Crippen LogP contribution in [-0.4, -0.2) is 24.2 Å². The van der Waals surface area contributed by atoms with Crippen LogP contribution in [0.3, 0.4) is 0 Å². The molecule has 2 rings (SSSR count). The molecule has 0 heterocycles. The fourth-order valence-electron chi connectivity index (χ4n) is 2.28. The lowest BCUT2D eigenvalue weighted by Crippen LogP contribution is -2.03. The highest BCUT2D eigenvalue weighted by Gasteiger charge is 2.11. The molecule has 23 heavy (non-hydrogen) atoms. The predicted molar refractivity (Wildman–Crippen MR) is 91.5 cm³/mol. The van der Waals surface area contributed by atoms with Gasteiger partial charge in [0.15, 0.2) is 5.78 Å². The van der Waals surface area contributed by atoms with E-state index in [1.165, 1.54) is 6.92 Å². The van der Waals surface area contributed by atoms with Crippen molar-refractivity contribution in [3.05, 3.63) is 59.2 Å². The van der Waals surface area contributed by atoms with E-state index < -0.39 is 10.8 Å². The van der Waals surface area contributed by atoms with Gasteiger partial charge in [0.2, 0.25) is 0 Å². The van der Waals surface area contributed by atoms with Crippen LogP contribution in [-0.2, 0) is 22.3 Å². The summed E-state index contributed by atoms with van der Waals surface area (Å²) in [5.41, 5.74) is 2.32. The summed E-state index contributed by atoms with van der Waals surface area (Å²) in [6, 6.07) is 12.7. The molecule has 0 fully saturated rings. The molecular weight excluding hydrogens is 312 g/mol. The average Bonchev–Trinajstić information content (AvgIpc) is 2.54. The van der Waals surface area contributed by atoms with Gasteiger partial charge in [0.25, 0.3) is 0 Å². The Kier molecular flexibility index (Phi) is 5.93. The molecule has 2 aromatic rings. The second-order valence-electron chi connectivity index (χ2n) is 5.16. The molecule has 4 nitrogen and oxygen atoms in total. The van der Waals surface area contributed by atoms with Crippen LogP contribution in [0.25, 0.3) is 0 Å². The topological polar surface area (TPSA) is 52.6 Å². The monoisotopic (exact) mass is 332 g/mol. The zero-order valence-corrected chi connectivity index (χ0v) is 14.3. The van der Waals surface area contributed by atoms with E-state index in [1.807, 2.05) is 24.3 Å². The summed E-state index contributed by atoms with van der Waals surface area (Å²) in [6.45, 7) is 1.51. The lowest BCUT2D eigenvalue weighted by atomic mass is 10.1. The second-order valence-corrected chi connectivity index (χ2v) is 6.62. The maximum Gasteiger partial charge on any atom is 0.159 e. The Morgan fingerprint density at radius 3 is 2.48 bits per heavy atom. The number of ether oxygens (including phenoxy) is 2. The number of rotatable bonds is 7. The molecule has 0 N–H and O–H groups in total. The third-order valence-electron chi connectivity index (χ3n) is 3.47. The fourth-order valence-corrected chi connectivity index (χ4v) is 3.51. The first-order valence-corrected chi connectivity index (χ1v) is 8.68. The minimum Gasteiger partial charge on any atom is -0.497 e. The Balaban J connectivity index is 2.15. The summed E-state index contributed by atoms with van der Waals surface area (Å²) in [7, 11) is 2.06. The summed E-state index contributed by atoms with van der Waals surface area (Å²) in [6.07, 6.45) is 0. The number of carbonyl (C=O) groups excluding carboxylic acids is 1. The molecule has 0 aromatic heterocycles. The Bertz CT molecular complexity index is 725. The molecular formula is C18H20O4S. The van der Waals surface area contributed by atoms with E-state index in [1.54, 1.807) is 32.4 Å². The van der Waals surface area contributed by atoms with Gasteiger partial charge in [-0.2, -0.15) is 0 Å². The van der Waals surface area contributed by atoms with Crippen molar-refractivity contribution < 1.29 is 18.5 Å². The minimum absolute atomic E-state index is 0.0209. The van der Waals surface area contributed by atoms with Crippen LogP contribution in [0.4, 0.5) is 0 Å². The number of hydrogen-bond donors (Lipinski definition) is 0. The smallest absolute Gasteiger partial charge is 0.159 e. The first-order valence-electron chi connectivity index (χ1n) is 7.19. The van der Waals surface area contributed by atoms with E-state index in [2.05, 4.69) is 0 Å². The number of hydrogen-bond acceptors (Lipinski definition) is 4. The third kappa shape index (κ3) is 4.66. The molecule has 1 atom stereocenters. The summed E-state index contributed by atoms with van der Waals surface area (Å²) in [4.78, 5) is 11.5. The predicted octanol–water partition coefficient (Wildman–Crippen LogP) is 3.36. The number of benzene rings is 2. The summed E-state index contributed by atoms with van der Waals surface area (Å²) in [5.74, 6) is 2.13. The average molecular weight is 332 g/mol. The fraction of sp³-hybridized carbons (Fsp3) is 0.278. The molecule has 0 unspecified atom stereocenters. The number of ketones is 1.